The van der Waals surface area contributed by atoms with E-state index in [1.54, 1.807) is 0 Å². The average Bonchev–Trinajstić information content (AvgIpc) is 3.46. The fourth-order valence-electron chi connectivity index (χ4n) is 4.86. The van der Waals surface area contributed by atoms with E-state index < -0.39 is 31.7 Å². The Balaban J connectivity index is 1.81. The van der Waals surface area contributed by atoms with Crippen LogP contribution in [0.4, 0.5) is 26.3 Å². The predicted octanol–water partition coefficient (Wildman–Crippen LogP) is 7.37. The summed E-state index contributed by atoms with van der Waals surface area (Å²) in [4.78, 5) is 4.97. The molecule has 0 aliphatic rings. The third-order valence-electron chi connectivity index (χ3n) is 7.32. The van der Waals surface area contributed by atoms with Gasteiger partial charge in [-0.1, -0.05) is 45.5 Å². The van der Waals surface area contributed by atoms with Gasteiger partial charge in [0, 0.05) is 16.1 Å². The lowest BCUT2D eigenvalue weighted by atomic mass is 9.88. The smallest absolute Gasteiger partial charge is 0.294 e. The van der Waals surface area contributed by atoms with Gasteiger partial charge in [0.25, 0.3) is 0 Å². The molecule has 210 valence electrons. The molecule has 3 heterocycles. The zero-order valence-corrected chi connectivity index (χ0v) is 23.8. The number of halogens is 6. The highest BCUT2D eigenvalue weighted by molar-refractivity contribution is 6.99. The van der Waals surface area contributed by atoms with Gasteiger partial charge in [0.2, 0.25) is 0 Å². The molecule has 5 rings (SSSR count). The van der Waals surface area contributed by atoms with Gasteiger partial charge in [-0.15, -0.1) is 0 Å². The van der Waals surface area contributed by atoms with Crippen LogP contribution < -0.4 is 10.6 Å². The Labute approximate surface area is 228 Å². The van der Waals surface area contributed by atoms with Gasteiger partial charge < -0.3 is 0 Å². The van der Waals surface area contributed by atoms with Gasteiger partial charge in [-0.25, -0.2) is 4.98 Å². The third-order valence-corrected chi connectivity index (χ3v) is 10.4. The van der Waals surface area contributed by atoms with Crippen molar-refractivity contribution < 1.29 is 26.3 Å². The first-order valence-corrected chi connectivity index (χ1v) is 15.7. The molecule has 0 radical (unpaired) electrons. The van der Waals surface area contributed by atoms with Crippen LogP contribution in [0, 0.1) is 6.92 Å². The number of nitrogens with one attached hydrogen (secondary N) is 1. The topological polar surface area (TPSA) is 46.5 Å². The van der Waals surface area contributed by atoms with E-state index in [0.29, 0.717) is 38.3 Å². The Bertz CT molecular complexity index is 1750. The highest BCUT2D eigenvalue weighted by Gasteiger charge is 2.38. The quantitative estimate of drug-likeness (QED) is 0.181. The molecule has 1 N–H and O–H groups in total. The van der Waals surface area contributed by atoms with E-state index in [-0.39, 0.29) is 5.41 Å². The number of fused-ring (bicyclic) bond motifs is 3. The Morgan fingerprint density at radius 3 is 1.93 bits per heavy atom. The van der Waals surface area contributed by atoms with E-state index in [9.17, 15) is 26.3 Å². The van der Waals surface area contributed by atoms with Crippen LogP contribution in [0.5, 0.6) is 0 Å². The minimum Gasteiger partial charge on any atom is -0.294 e. The molecule has 0 aliphatic heterocycles. The Morgan fingerprint density at radius 1 is 0.725 bits per heavy atom. The standard InChI is InChI=1S/C29H28F6N4Si/c1-16-7-9-21-19(11-16)20-12-17(28(30,31)32)8-10-22(20)39(21)24-13-18(27(2,3)4)14-25(36-24)40(5,6)26-15-23(37-38-26)29(33,34)35/h7-15H,1-6H3,(H,37,38). The Hall–Kier alpha value is -3.60. The summed E-state index contributed by atoms with van der Waals surface area (Å²) in [5.74, 6) is 0.484. The first-order valence-electron chi connectivity index (χ1n) is 12.7. The molecule has 4 nitrogen and oxygen atoms in total. The molecule has 0 saturated carbocycles. The van der Waals surface area contributed by atoms with Crippen LogP contribution in [0.3, 0.4) is 0 Å². The minimum absolute atomic E-state index is 0.303. The van der Waals surface area contributed by atoms with Gasteiger partial charge in [0.05, 0.1) is 21.9 Å². The van der Waals surface area contributed by atoms with Crippen molar-refractivity contribution >= 4 is 40.5 Å². The van der Waals surface area contributed by atoms with E-state index in [0.717, 1.165) is 29.3 Å². The summed E-state index contributed by atoms with van der Waals surface area (Å²) < 4.78 is 82.8. The molecular formula is C29H28F6N4Si. The van der Waals surface area contributed by atoms with Crippen LogP contribution in [0.1, 0.15) is 43.2 Å². The number of pyridine rings is 1. The molecule has 0 saturated heterocycles. The molecule has 0 unspecified atom stereocenters. The fraction of sp³-hybridized carbons (Fsp3) is 0.310. The lowest BCUT2D eigenvalue weighted by Gasteiger charge is -2.26. The summed E-state index contributed by atoms with van der Waals surface area (Å²) in [5.41, 5.74) is 1.01. The maximum atomic E-state index is 13.6. The summed E-state index contributed by atoms with van der Waals surface area (Å²) >= 11 is 0. The molecule has 0 spiro atoms. The van der Waals surface area contributed by atoms with Crippen molar-refractivity contribution in [2.24, 2.45) is 0 Å². The second kappa shape index (κ2) is 8.95. The SMILES string of the molecule is Cc1ccc2c(c1)c1cc(C(F)(F)F)ccc1n2-c1cc(C(C)(C)C)cc([Si](C)(C)c2cc(C(F)(F)F)[nH]n2)n1. The highest BCUT2D eigenvalue weighted by Crippen LogP contribution is 2.37. The summed E-state index contributed by atoms with van der Waals surface area (Å²) in [6.07, 6.45) is -9.06. The van der Waals surface area contributed by atoms with Crippen LogP contribution in [-0.2, 0) is 17.8 Å². The van der Waals surface area contributed by atoms with Crippen molar-refractivity contribution in [2.45, 2.75) is 58.6 Å². The number of hydrogen-bond donors (Lipinski definition) is 1. The highest BCUT2D eigenvalue weighted by atomic mass is 28.3. The molecule has 3 aromatic heterocycles. The molecule has 0 aliphatic carbocycles. The monoisotopic (exact) mass is 574 g/mol. The van der Waals surface area contributed by atoms with Crippen LogP contribution in [0.2, 0.25) is 13.1 Å². The van der Waals surface area contributed by atoms with Gasteiger partial charge in [-0.2, -0.15) is 31.4 Å². The van der Waals surface area contributed by atoms with Crippen molar-refractivity contribution in [3.8, 4) is 5.82 Å². The molecule has 2 aromatic carbocycles. The van der Waals surface area contributed by atoms with E-state index in [2.05, 4.69) is 10.2 Å². The maximum Gasteiger partial charge on any atom is 0.432 e. The number of alkyl halides is 6. The van der Waals surface area contributed by atoms with Crippen molar-refractivity contribution in [3.63, 3.8) is 0 Å². The Kier molecular flexibility index (Phi) is 6.25. The third kappa shape index (κ3) is 4.80. The molecule has 0 fully saturated rings. The fourth-order valence-corrected chi connectivity index (χ4v) is 6.88. The molecule has 0 atom stereocenters. The molecular weight excluding hydrogens is 546 g/mol. The van der Waals surface area contributed by atoms with Crippen LogP contribution in [0.15, 0.2) is 54.6 Å². The molecule has 5 aromatic rings. The number of rotatable bonds is 3. The Morgan fingerprint density at radius 2 is 1.35 bits per heavy atom. The summed E-state index contributed by atoms with van der Waals surface area (Å²) in [5, 5.41) is 8.15. The normalized spacial score (nSPS) is 13.5. The van der Waals surface area contributed by atoms with Crippen molar-refractivity contribution in [3.05, 3.63) is 77.0 Å². The number of nitrogens with zero attached hydrogens (tertiary/aromatic N) is 3. The van der Waals surface area contributed by atoms with Gasteiger partial charge >= 0.3 is 12.4 Å². The van der Waals surface area contributed by atoms with E-state index in [4.69, 9.17) is 4.98 Å². The number of aromatic nitrogens is 4. The molecule has 11 heteroatoms. The zero-order chi connectivity index (χ0) is 29.4. The predicted molar refractivity (Wildman–Crippen MR) is 147 cm³/mol. The van der Waals surface area contributed by atoms with Crippen LogP contribution >= 0.6 is 0 Å². The summed E-state index contributed by atoms with van der Waals surface area (Å²) in [6, 6.07) is 14.1. The first kappa shape index (κ1) is 27.9. The lowest BCUT2D eigenvalue weighted by Crippen LogP contribution is -2.55. The zero-order valence-electron chi connectivity index (χ0n) is 22.8. The number of aromatic amines is 1. The van der Waals surface area contributed by atoms with Gasteiger partial charge in [-0.3, -0.25) is 9.67 Å². The first-order chi connectivity index (χ1) is 18.4. The number of hydrogen-bond acceptors (Lipinski definition) is 2. The average molecular weight is 575 g/mol. The second-order valence-electron chi connectivity index (χ2n) is 11.7. The van der Waals surface area contributed by atoms with Gasteiger partial charge in [0.15, 0.2) is 8.07 Å². The summed E-state index contributed by atoms with van der Waals surface area (Å²) in [6.45, 7) is 11.7. The lowest BCUT2D eigenvalue weighted by molar-refractivity contribution is -0.141. The largest absolute Gasteiger partial charge is 0.432 e. The minimum atomic E-state index is -4.56. The number of aryl methyl sites for hydroxylation is 1. The van der Waals surface area contributed by atoms with Gasteiger partial charge in [-0.05, 0) is 66.4 Å². The van der Waals surface area contributed by atoms with Crippen molar-refractivity contribution in [1.29, 1.82) is 0 Å². The maximum absolute atomic E-state index is 13.6. The van der Waals surface area contributed by atoms with Crippen molar-refractivity contribution in [1.82, 2.24) is 19.7 Å². The second-order valence-corrected chi connectivity index (χ2v) is 16.0. The molecule has 40 heavy (non-hydrogen) atoms. The van der Waals surface area contributed by atoms with Crippen LogP contribution in [-0.4, -0.2) is 27.8 Å². The van der Waals surface area contributed by atoms with Crippen LogP contribution in [0.25, 0.3) is 27.6 Å². The summed E-state index contributed by atoms with van der Waals surface area (Å²) in [7, 11) is -2.86. The number of H-pyrrole nitrogens is 1. The van der Waals surface area contributed by atoms with Crippen molar-refractivity contribution in [2.75, 3.05) is 0 Å². The van der Waals surface area contributed by atoms with E-state index in [1.165, 1.54) is 6.07 Å². The molecule has 0 amide bonds. The van der Waals surface area contributed by atoms with E-state index in [1.807, 2.05) is 75.7 Å². The molecule has 0 bridgehead atoms. The number of benzene rings is 2. The van der Waals surface area contributed by atoms with Gasteiger partial charge in [0.1, 0.15) is 11.5 Å². The van der Waals surface area contributed by atoms with E-state index >= 15 is 0 Å².